The van der Waals surface area contributed by atoms with Gasteiger partial charge in [-0.1, -0.05) is 30.3 Å². The van der Waals surface area contributed by atoms with Gasteiger partial charge in [-0.15, -0.1) is 11.3 Å². The van der Waals surface area contributed by atoms with Crippen LogP contribution in [0.15, 0.2) is 46.7 Å². The third kappa shape index (κ3) is 5.56. The van der Waals surface area contributed by atoms with Gasteiger partial charge in [0.1, 0.15) is 15.9 Å². The molecule has 1 saturated carbocycles. The van der Waals surface area contributed by atoms with Gasteiger partial charge in [0, 0.05) is 12.0 Å². The highest BCUT2D eigenvalue weighted by molar-refractivity contribution is 7.91. The first-order chi connectivity index (χ1) is 13.8. The van der Waals surface area contributed by atoms with Crippen molar-refractivity contribution in [3.63, 3.8) is 0 Å². The van der Waals surface area contributed by atoms with Crippen LogP contribution in [0.1, 0.15) is 22.9 Å². The van der Waals surface area contributed by atoms with Crippen LogP contribution >= 0.6 is 22.9 Å². The average Bonchev–Trinajstić information content (AvgIpc) is 3.10. The Morgan fingerprint density at radius 2 is 1.90 bits per heavy atom. The van der Waals surface area contributed by atoms with Crippen LogP contribution in [-0.4, -0.2) is 40.2 Å². The molecule has 0 bridgehead atoms. The van der Waals surface area contributed by atoms with Crippen LogP contribution in [0.25, 0.3) is 10.7 Å². The zero-order valence-corrected chi connectivity index (χ0v) is 17.2. The quantitative estimate of drug-likeness (QED) is 0.513. The lowest BCUT2D eigenvalue weighted by Gasteiger charge is -2.04. The van der Waals surface area contributed by atoms with Crippen LogP contribution in [0, 0.1) is 0 Å². The van der Waals surface area contributed by atoms with Crippen LogP contribution in [0.5, 0.6) is 0 Å². The standard InChI is InChI=1S/C16H14FN3O2S3.CH2O3/c17-9-14-18-16(19-24-14)13-6-7-15(23-13)25(21,22)20-12-8-11(12)10-4-2-1-3-5-10;2-1(3)4/h1-7,11-12,20H,8-9H2;(H2,2,3,4)/t11-,12+;/m1./s1. The molecule has 0 spiro atoms. The number of rotatable bonds is 6. The molecule has 8 nitrogen and oxygen atoms in total. The Balaban J connectivity index is 0.000000552. The summed E-state index contributed by atoms with van der Waals surface area (Å²) in [5.41, 5.74) is 1.15. The maximum Gasteiger partial charge on any atom is 0.503 e. The number of nitrogens with one attached hydrogen (secondary N) is 1. The van der Waals surface area contributed by atoms with Gasteiger partial charge in [0.2, 0.25) is 10.0 Å². The maximum atomic E-state index is 12.6. The Morgan fingerprint density at radius 3 is 2.52 bits per heavy atom. The number of halogens is 1. The Hall–Kier alpha value is -2.41. The molecule has 0 radical (unpaired) electrons. The molecule has 0 unspecified atom stereocenters. The zero-order valence-electron chi connectivity index (χ0n) is 14.7. The van der Waals surface area contributed by atoms with Gasteiger partial charge in [-0.2, -0.15) is 4.37 Å². The van der Waals surface area contributed by atoms with Gasteiger partial charge in [0.25, 0.3) is 0 Å². The van der Waals surface area contributed by atoms with Crippen LogP contribution in [0.4, 0.5) is 9.18 Å². The fraction of sp³-hybridized carbons (Fsp3) is 0.235. The lowest BCUT2D eigenvalue weighted by atomic mass is 10.1. The molecule has 2 atom stereocenters. The molecule has 1 aromatic carbocycles. The summed E-state index contributed by atoms with van der Waals surface area (Å²) in [5, 5.41) is 14.2. The van der Waals surface area contributed by atoms with Crippen molar-refractivity contribution in [3.8, 4) is 10.7 Å². The van der Waals surface area contributed by atoms with E-state index in [1.807, 2.05) is 30.3 Å². The zero-order chi connectivity index (χ0) is 21.0. The van der Waals surface area contributed by atoms with Gasteiger partial charge in [0.15, 0.2) is 5.82 Å². The van der Waals surface area contributed by atoms with E-state index in [1.165, 1.54) is 0 Å². The number of hydrogen-bond acceptors (Lipinski definition) is 7. The van der Waals surface area contributed by atoms with Crippen molar-refractivity contribution >= 4 is 39.0 Å². The minimum atomic E-state index is -3.58. The van der Waals surface area contributed by atoms with E-state index >= 15 is 0 Å². The Morgan fingerprint density at radius 1 is 1.21 bits per heavy atom. The summed E-state index contributed by atoms with van der Waals surface area (Å²) in [5.74, 6) is 0.598. The molecule has 0 amide bonds. The molecule has 2 heterocycles. The molecule has 3 N–H and O–H groups in total. The first kappa shape index (κ1) is 21.3. The molecule has 1 fully saturated rings. The topological polar surface area (TPSA) is 129 Å². The first-order valence-corrected chi connectivity index (χ1v) is 11.4. The van der Waals surface area contributed by atoms with E-state index < -0.39 is 22.9 Å². The highest BCUT2D eigenvalue weighted by Gasteiger charge is 2.41. The molecule has 12 heteroatoms. The number of carboxylic acid groups (broad SMARTS) is 2. The number of nitrogens with zero attached hydrogens (tertiary/aromatic N) is 2. The Kier molecular flexibility index (Phi) is 6.57. The molecule has 1 aliphatic rings. The van der Waals surface area contributed by atoms with Crippen molar-refractivity contribution in [1.29, 1.82) is 0 Å². The van der Waals surface area contributed by atoms with E-state index in [-0.39, 0.29) is 21.2 Å². The van der Waals surface area contributed by atoms with Crippen LogP contribution in [-0.2, 0) is 16.7 Å². The van der Waals surface area contributed by atoms with Gasteiger partial charge in [-0.25, -0.2) is 27.3 Å². The predicted molar refractivity (Wildman–Crippen MR) is 107 cm³/mol. The molecule has 0 aliphatic heterocycles. The first-order valence-electron chi connectivity index (χ1n) is 8.28. The van der Waals surface area contributed by atoms with E-state index in [4.69, 9.17) is 15.0 Å². The van der Waals surface area contributed by atoms with Crippen molar-refractivity contribution in [2.75, 3.05) is 0 Å². The Labute approximate surface area is 173 Å². The summed E-state index contributed by atoms with van der Waals surface area (Å²) in [4.78, 5) is 13.2. The number of hydrogen-bond donors (Lipinski definition) is 3. The van der Waals surface area contributed by atoms with E-state index in [1.54, 1.807) is 12.1 Å². The largest absolute Gasteiger partial charge is 0.503 e. The fourth-order valence-electron chi connectivity index (χ4n) is 2.65. The highest BCUT2D eigenvalue weighted by atomic mass is 32.2. The SMILES string of the molecule is O=C(O)O.O=S(=O)(N[C@H]1C[C@@H]1c1ccccc1)c1ccc(-c2nsc(CF)n2)s1. The van der Waals surface area contributed by atoms with Crippen molar-refractivity contribution < 1.29 is 27.8 Å². The second-order valence-electron chi connectivity index (χ2n) is 6.03. The van der Waals surface area contributed by atoms with E-state index in [0.717, 1.165) is 34.9 Å². The number of aromatic nitrogens is 2. The molecule has 1 aliphatic carbocycles. The van der Waals surface area contributed by atoms with Crippen molar-refractivity contribution in [2.45, 2.75) is 29.3 Å². The van der Waals surface area contributed by atoms with Crippen molar-refractivity contribution in [1.82, 2.24) is 14.1 Å². The molecule has 2 aromatic heterocycles. The number of benzene rings is 1. The molecular formula is C17H16FN3O5S3. The third-order valence-corrected chi connectivity index (χ3v) is 7.71. The smallest absolute Gasteiger partial charge is 0.450 e. The van der Waals surface area contributed by atoms with E-state index in [2.05, 4.69) is 14.1 Å². The lowest BCUT2D eigenvalue weighted by molar-refractivity contribution is 0.137. The van der Waals surface area contributed by atoms with E-state index in [0.29, 0.717) is 10.7 Å². The molecule has 29 heavy (non-hydrogen) atoms. The molecule has 0 saturated heterocycles. The molecule has 154 valence electrons. The summed E-state index contributed by atoms with van der Waals surface area (Å²) in [6.45, 7) is -0.668. The number of thiophene rings is 1. The normalized spacial score (nSPS) is 18.0. The third-order valence-electron chi connectivity index (χ3n) is 3.97. The Bertz CT molecular complexity index is 1080. The monoisotopic (exact) mass is 457 g/mol. The predicted octanol–water partition coefficient (Wildman–Crippen LogP) is 3.79. The average molecular weight is 458 g/mol. The van der Waals surface area contributed by atoms with Gasteiger partial charge in [-0.3, -0.25) is 0 Å². The van der Waals surface area contributed by atoms with Crippen LogP contribution < -0.4 is 4.72 Å². The number of alkyl halides is 1. The summed E-state index contributed by atoms with van der Waals surface area (Å²) in [6.07, 6.45) is -1.03. The minimum absolute atomic E-state index is 0.0755. The van der Waals surface area contributed by atoms with Crippen molar-refractivity contribution in [2.24, 2.45) is 0 Å². The maximum absolute atomic E-state index is 12.6. The van der Waals surface area contributed by atoms with Crippen LogP contribution in [0.2, 0.25) is 0 Å². The van der Waals surface area contributed by atoms with Gasteiger partial charge in [0.05, 0.1) is 4.88 Å². The van der Waals surface area contributed by atoms with Gasteiger partial charge >= 0.3 is 6.16 Å². The van der Waals surface area contributed by atoms with Gasteiger partial charge < -0.3 is 10.2 Å². The van der Waals surface area contributed by atoms with E-state index in [9.17, 15) is 12.8 Å². The second-order valence-corrected chi connectivity index (χ2v) is 9.89. The summed E-state index contributed by atoms with van der Waals surface area (Å²) in [7, 11) is -3.58. The fourth-order valence-corrected chi connectivity index (χ4v) is 5.76. The lowest BCUT2D eigenvalue weighted by Crippen LogP contribution is -2.26. The minimum Gasteiger partial charge on any atom is -0.450 e. The summed E-state index contributed by atoms with van der Waals surface area (Å²) in [6, 6.07) is 13.0. The van der Waals surface area contributed by atoms with Gasteiger partial charge in [-0.05, 0) is 35.6 Å². The van der Waals surface area contributed by atoms with Crippen molar-refractivity contribution in [3.05, 3.63) is 53.0 Å². The summed E-state index contributed by atoms with van der Waals surface area (Å²) >= 11 is 2.08. The summed E-state index contributed by atoms with van der Waals surface area (Å²) < 4.78 is 44.8. The van der Waals surface area contributed by atoms with Crippen LogP contribution in [0.3, 0.4) is 0 Å². The molecular weight excluding hydrogens is 441 g/mol. The number of carbonyl (C=O) groups is 1. The second kappa shape index (κ2) is 8.95. The molecule has 3 aromatic rings. The highest BCUT2D eigenvalue weighted by Crippen LogP contribution is 2.42. The molecule has 4 rings (SSSR count). The number of sulfonamides is 1.